The Balaban J connectivity index is 0.000000810. The van der Waals surface area contributed by atoms with Crippen molar-refractivity contribution in [1.29, 1.82) is 0 Å². The number of halogens is 1. The van der Waals surface area contributed by atoms with Crippen LogP contribution in [-0.4, -0.2) is 5.14 Å². The second kappa shape index (κ2) is 6.26. The van der Waals surface area contributed by atoms with Crippen molar-refractivity contribution in [2.45, 2.75) is 0 Å². The molecule has 52 valence electrons. The Labute approximate surface area is 86.0 Å². The Kier molecular flexibility index (Phi) is 6.59. The summed E-state index contributed by atoms with van der Waals surface area (Å²) in [6, 6.07) is 10.6. The molecular formula is C7H10INZn. The maximum atomic E-state index is 5.44. The van der Waals surface area contributed by atoms with Gasteiger partial charge in [-0.25, -0.2) is 0 Å². The average molecular weight is 300 g/mol. The van der Waals surface area contributed by atoms with Crippen LogP contribution in [0.1, 0.15) is 0 Å². The second-order valence-corrected chi connectivity index (χ2v) is 6.00. The van der Waals surface area contributed by atoms with E-state index in [1.165, 1.54) is 4.16 Å². The van der Waals surface area contributed by atoms with Crippen LogP contribution in [0.4, 0.5) is 0 Å². The Bertz CT molecular complexity index is 167. The first kappa shape index (κ1) is 10.5. The monoisotopic (exact) mass is 299 g/mol. The van der Waals surface area contributed by atoms with E-state index in [2.05, 4.69) is 24.3 Å². The fourth-order valence-corrected chi connectivity index (χ4v) is 2.78. The molecule has 0 amide bonds. The van der Waals surface area contributed by atoms with Crippen LogP contribution in [0.3, 0.4) is 0 Å². The van der Waals surface area contributed by atoms with E-state index in [1.807, 2.05) is 6.07 Å². The Morgan fingerprint density at radius 3 is 2.30 bits per heavy atom. The fourth-order valence-electron chi connectivity index (χ4n) is 0.811. The first-order valence-electron chi connectivity index (χ1n) is 3.17. The van der Waals surface area contributed by atoms with Crippen LogP contribution < -0.4 is 9.89 Å². The molecule has 0 unspecified atom stereocenters. The van der Waals surface area contributed by atoms with E-state index in [1.54, 1.807) is 0 Å². The van der Waals surface area contributed by atoms with Gasteiger partial charge in [-0.1, -0.05) is 0 Å². The first-order chi connectivity index (χ1) is 4.43. The molecule has 0 atom stereocenters. The number of hydrogen-bond donors (Lipinski definition) is 1. The minimum atomic E-state index is -0.512. The van der Waals surface area contributed by atoms with Gasteiger partial charge in [-0.3, -0.25) is 0 Å². The van der Waals surface area contributed by atoms with E-state index in [0.717, 1.165) is 5.14 Å². The molecule has 0 fully saturated rings. The topological polar surface area (TPSA) is 26.0 Å². The van der Waals surface area contributed by atoms with E-state index in [9.17, 15) is 0 Å². The molecule has 0 spiro atoms. The number of rotatable bonds is 2. The van der Waals surface area contributed by atoms with Gasteiger partial charge in [-0.2, -0.15) is 0 Å². The zero-order chi connectivity index (χ0) is 6.53. The van der Waals surface area contributed by atoms with E-state index in [0.29, 0.717) is 0 Å². The van der Waals surface area contributed by atoms with E-state index in [4.69, 9.17) is 5.73 Å². The van der Waals surface area contributed by atoms with Gasteiger partial charge in [0.05, 0.1) is 0 Å². The van der Waals surface area contributed by atoms with Crippen LogP contribution in [0.15, 0.2) is 30.3 Å². The van der Waals surface area contributed by atoms with Crippen molar-refractivity contribution in [2.75, 3.05) is 5.14 Å². The van der Waals surface area contributed by atoms with E-state index in [-0.39, 0.29) is 24.0 Å². The summed E-state index contributed by atoms with van der Waals surface area (Å²) in [5, 5.41) is 0.928. The molecular weight excluding hydrogens is 290 g/mol. The van der Waals surface area contributed by atoms with Crippen molar-refractivity contribution < 1.29 is 17.1 Å². The average Bonchev–Trinajstić information content (AvgIpc) is 1.91. The summed E-state index contributed by atoms with van der Waals surface area (Å²) in [7, 11) is 0. The molecule has 0 aliphatic carbocycles. The first-order valence-corrected chi connectivity index (χ1v) is 6.75. The Hall–Kier alpha value is 0.533. The molecule has 2 N–H and O–H groups in total. The van der Waals surface area contributed by atoms with Gasteiger partial charge in [-0.05, 0) is 0 Å². The molecule has 0 heterocycles. The molecule has 0 saturated heterocycles. The quantitative estimate of drug-likeness (QED) is 0.638. The van der Waals surface area contributed by atoms with E-state index < -0.39 is 17.1 Å². The molecule has 0 aromatic heterocycles. The Morgan fingerprint density at radius 2 is 1.80 bits per heavy atom. The van der Waals surface area contributed by atoms with Crippen molar-refractivity contribution in [3.63, 3.8) is 0 Å². The predicted octanol–water partition coefficient (Wildman–Crippen LogP) is 0.929. The van der Waals surface area contributed by atoms with Crippen LogP contribution in [0.25, 0.3) is 0 Å². The summed E-state index contributed by atoms with van der Waals surface area (Å²) < 4.78 is 1.51. The fraction of sp³-hybridized carbons (Fsp3) is 0.143. The van der Waals surface area contributed by atoms with Crippen molar-refractivity contribution in [3.8, 4) is 0 Å². The molecule has 0 aliphatic rings. The number of benzene rings is 1. The van der Waals surface area contributed by atoms with Gasteiger partial charge in [0.25, 0.3) is 0 Å². The third-order valence-electron chi connectivity index (χ3n) is 1.28. The molecule has 1 rings (SSSR count). The summed E-state index contributed by atoms with van der Waals surface area (Å²) in [5.74, 6) is 0. The van der Waals surface area contributed by atoms with Crippen molar-refractivity contribution in [2.24, 2.45) is 5.73 Å². The molecule has 1 aromatic rings. The molecule has 3 heteroatoms. The van der Waals surface area contributed by atoms with Crippen molar-refractivity contribution in [3.05, 3.63) is 30.3 Å². The Morgan fingerprint density at radius 1 is 1.20 bits per heavy atom. The molecule has 0 aliphatic heterocycles. The normalized spacial score (nSPS) is 7.70. The third kappa shape index (κ3) is 3.64. The standard InChI is InChI=1S/C6H5.CH4N.HI.Zn/c1-2-4-6-5-3-1;1-2;;/h1-5H;1-2H2;1H;. The molecule has 0 saturated carbocycles. The maximum absolute atomic E-state index is 5.44. The number of nitrogens with two attached hydrogens (primary N) is 1. The third-order valence-corrected chi connectivity index (χ3v) is 4.08. The summed E-state index contributed by atoms with van der Waals surface area (Å²) in [4.78, 5) is 0. The molecule has 0 bridgehead atoms. The summed E-state index contributed by atoms with van der Waals surface area (Å²) in [6.07, 6.45) is 0. The van der Waals surface area contributed by atoms with Crippen LogP contribution in [0.2, 0.25) is 0 Å². The van der Waals surface area contributed by atoms with Gasteiger partial charge in [0, 0.05) is 0 Å². The van der Waals surface area contributed by atoms with Gasteiger partial charge < -0.3 is 0 Å². The van der Waals surface area contributed by atoms with E-state index >= 15 is 0 Å². The van der Waals surface area contributed by atoms with Gasteiger partial charge in [-0.15, -0.1) is 24.0 Å². The van der Waals surface area contributed by atoms with Crippen LogP contribution in [0, 0.1) is 0 Å². The minimum absolute atomic E-state index is 0. The van der Waals surface area contributed by atoms with Gasteiger partial charge in [0.15, 0.2) is 0 Å². The zero-order valence-corrected chi connectivity index (χ0v) is 11.1. The van der Waals surface area contributed by atoms with Gasteiger partial charge in [0.2, 0.25) is 0 Å². The van der Waals surface area contributed by atoms with Crippen LogP contribution in [-0.2, 0) is 17.1 Å². The van der Waals surface area contributed by atoms with Gasteiger partial charge >= 0.3 is 62.5 Å². The van der Waals surface area contributed by atoms with Crippen LogP contribution in [0.5, 0.6) is 0 Å². The van der Waals surface area contributed by atoms with Gasteiger partial charge in [0.1, 0.15) is 0 Å². The van der Waals surface area contributed by atoms with Crippen LogP contribution >= 0.6 is 24.0 Å². The molecule has 1 aromatic carbocycles. The zero-order valence-electron chi connectivity index (χ0n) is 5.79. The van der Waals surface area contributed by atoms with Crippen molar-refractivity contribution in [1.82, 2.24) is 0 Å². The molecule has 1 nitrogen and oxygen atoms in total. The summed E-state index contributed by atoms with van der Waals surface area (Å²) in [5.41, 5.74) is 5.44. The number of hydrogen-bond acceptors (Lipinski definition) is 1. The summed E-state index contributed by atoms with van der Waals surface area (Å²) in [6.45, 7) is 0. The molecule has 0 radical (unpaired) electrons. The van der Waals surface area contributed by atoms with Crippen molar-refractivity contribution >= 4 is 28.1 Å². The predicted molar refractivity (Wildman–Crippen MR) is 50.5 cm³/mol. The summed E-state index contributed by atoms with van der Waals surface area (Å²) >= 11 is -0.512. The molecule has 10 heavy (non-hydrogen) atoms. The SMILES string of the molecule is I.N[CH2][Zn][c]1ccccc1. The second-order valence-electron chi connectivity index (χ2n) is 2.02.